The van der Waals surface area contributed by atoms with Gasteiger partial charge in [-0.2, -0.15) is 0 Å². The zero-order chi connectivity index (χ0) is 15.4. The Morgan fingerprint density at radius 3 is 2.33 bits per heavy atom. The van der Waals surface area contributed by atoms with Gasteiger partial charge in [-0.15, -0.1) is 0 Å². The molecule has 112 valence electrons. The van der Waals surface area contributed by atoms with Crippen molar-refractivity contribution >= 4 is 0 Å². The molecule has 0 aromatic heterocycles. The Morgan fingerprint density at radius 1 is 1.10 bits per heavy atom. The van der Waals surface area contributed by atoms with Crippen LogP contribution in [0.1, 0.15) is 29.7 Å². The van der Waals surface area contributed by atoms with Crippen LogP contribution in [0.4, 0.5) is 4.39 Å². The monoisotopic (exact) mass is 286 g/mol. The summed E-state index contributed by atoms with van der Waals surface area (Å²) in [5.74, 6) is -0.230. The third kappa shape index (κ3) is 3.90. The number of nitrogens with zero attached hydrogens (tertiary/aromatic N) is 1. The van der Waals surface area contributed by atoms with Crippen molar-refractivity contribution in [1.29, 1.82) is 0 Å². The molecule has 0 amide bonds. The van der Waals surface area contributed by atoms with E-state index in [1.807, 2.05) is 6.07 Å². The second-order valence-corrected chi connectivity index (χ2v) is 5.66. The fraction of sp³-hybridized carbons (Fsp3) is 0.333. The maximum Gasteiger partial charge on any atom is 0.123 e. The topological polar surface area (TPSA) is 29.3 Å². The van der Waals surface area contributed by atoms with Crippen LogP contribution in [-0.2, 0) is 6.54 Å². The number of aryl methyl sites for hydroxylation is 1. The van der Waals surface area contributed by atoms with E-state index in [-0.39, 0.29) is 17.9 Å². The average molecular weight is 286 g/mol. The van der Waals surface area contributed by atoms with E-state index in [1.165, 1.54) is 23.3 Å². The van der Waals surface area contributed by atoms with Gasteiger partial charge in [0, 0.05) is 18.6 Å². The van der Waals surface area contributed by atoms with Gasteiger partial charge in [0.25, 0.3) is 0 Å². The van der Waals surface area contributed by atoms with Crippen molar-refractivity contribution in [2.45, 2.75) is 32.5 Å². The molecule has 0 spiro atoms. The van der Waals surface area contributed by atoms with Gasteiger partial charge in [-0.25, -0.2) is 4.39 Å². The summed E-state index contributed by atoms with van der Waals surface area (Å²) in [6.45, 7) is 5.07. The summed E-state index contributed by atoms with van der Waals surface area (Å²) in [7, 11) is 2.07. The fourth-order valence-electron chi connectivity index (χ4n) is 2.44. The maximum atomic E-state index is 13.0. The lowest BCUT2D eigenvalue weighted by atomic mass is 9.99. The van der Waals surface area contributed by atoms with Crippen LogP contribution in [0.15, 0.2) is 48.5 Å². The normalized spacial score (nSPS) is 14.2. The van der Waals surface area contributed by atoms with Crippen LogP contribution in [0.5, 0.6) is 0 Å². The molecule has 0 fully saturated rings. The molecule has 3 heteroatoms. The highest BCUT2D eigenvalue weighted by atomic mass is 19.1. The number of halogens is 1. The van der Waals surface area contributed by atoms with Crippen molar-refractivity contribution in [2.75, 3.05) is 7.05 Å². The number of hydrogen-bond donors (Lipinski definition) is 1. The third-order valence-corrected chi connectivity index (χ3v) is 4.15. The molecule has 2 atom stereocenters. The van der Waals surface area contributed by atoms with Gasteiger partial charge in [0.2, 0.25) is 0 Å². The molecule has 0 aliphatic carbocycles. The molecule has 2 unspecified atom stereocenters. The van der Waals surface area contributed by atoms with Crippen LogP contribution in [0.2, 0.25) is 0 Å². The Morgan fingerprint density at radius 2 is 1.71 bits per heavy atom. The second-order valence-electron chi connectivity index (χ2n) is 5.66. The SMILES string of the molecule is Cc1ccccc1CN(C)C(C)C(N)c1ccc(F)cc1. The summed E-state index contributed by atoms with van der Waals surface area (Å²) in [5.41, 5.74) is 9.86. The van der Waals surface area contributed by atoms with E-state index in [4.69, 9.17) is 5.73 Å². The minimum Gasteiger partial charge on any atom is -0.323 e. The van der Waals surface area contributed by atoms with Crippen LogP contribution in [0.25, 0.3) is 0 Å². The van der Waals surface area contributed by atoms with Gasteiger partial charge in [-0.05, 0) is 49.7 Å². The van der Waals surface area contributed by atoms with Gasteiger partial charge in [-0.3, -0.25) is 4.90 Å². The van der Waals surface area contributed by atoms with Gasteiger partial charge in [0.15, 0.2) is 0 Å². The second kappa shape index (κ2) is 6.83. The molecular weight excluding hydrogens is 263 g/mol. The molecule has 0 aliphatic rings. The molecule has 0 aliphatic heterocycles. The predicted molar refractivity (Wildman–Crippen MR) is 85.4 cm³/mol. The minimum atomic E-state index is -0.230. The quantitative estimate of drug-likeness (QED) is 0.909. The maximum absolute atomic E-state index is 13.0. The Hall–Kier alpha value is -1.71. The predicted octanol–water partition coefficient (Wildman–Crippen LogP) is 3.65. The van der Waals surface area contributed by atoms with E-state index in [2.05, 4.69) is 44.0 Å². The molecule has 0 saturated heterocycles. The van der Waals surface area contributed by atoms with E-state index >= 15 is 0 Å². The molecule has 2 nitrogen and oxygen atoms in total. The van der Waals surface area contributed by atoms with Crippen LogP contribution in [0, 0.1) is 12.7 Å². The molecule has 2 aromatic carbocycles. The van der Waals surface area contributed by atoms with Crippen LogP contribution in [-0.4, -0.2) is 18.0 Å². The van der Waals surface area contributed by atoms with Gasteiger partial charge in [0.05, 0.1) is 0 Å². The summed E-state index contributed by atoms with van der Waals surface area (Å²) in [6.07, 6.45) is 0. The van der Waals surface area contributed by atoms with Gasteiger partial charge >= 0.3 is 0 Å². The first-order valence-electron chi connectivity index (χ1n) is 7.25. The first-order chi connectivity index (χ1) is 9.99. The number of nitrogens with two attached hydrogens (primary N) is 1. The zero-order valence-corrected chi connectivity index (χ0v) is 12.9. The number of likely N-dealkylation sites (N-methyl/N-ethyl adjacent to an activating group) is 1. The van der Waals surface area contributed by atoms with Crippen molar-refractivity contribution in [3.63, 3.8) is 0 Å². The summed E-state index contributed by atoms with van der Waals surface area (Å²) in [4.78, 5) is 2.23. The highest BCUT2D eigenvalue weighted by Crippen LogP contribution is 2.20. The molecule has 2 N–H and O–H groups in total. The lowest BCUT2D eigenvalue weighted by Crippen LogP contribution is -2.38. The lowest BCUT2D eigenvalue weighted by molar-refractivity contribution is 0.218. The summed E-state index contributed by atoms with van der Waals surface area (Å²) >= 11 is 0. The van der Waals surface area contributed by atoms with Crippen LogP contribution >= 0.6 is 0 Å². The smallest absolute Gasteiger partial charge is 0.123 e. The standard InChI is InChI=1S/C18H23FN2/c1-13-6-4-5-7-16(13)12-21(3)14(2)18(20)15-8-10-17(19)11-9-15/h4-11,14,18H,12,20H2,1-3H3. The highest BCUT2D eigenvalue weighted by molar-refractivity contribution is 5.26. The lowest BCUT2D eigenvalue weighted by Gasteiger charge is -2.30. The first kappa shape index (κ1) is 15.7. The molecule has 0 saturated carbocycles. The van der Waals surface area contributed by atoms with Crippen molar-refractivity contribution in [1.82, 2.24) is 4.90 Å². The molecule has 2 rings (SSSR count). The Labute approximate surface area is 126 Å². The van der Waals surface area contributed by atoms with Crippen molar-refractivity contribution in [3.05, 3.63) is 71.0 Å². The van der Waals surface area contributed by atoms with E-state index in [0.29, 0.717) is 0 Å². The van der Waals surface area contributed by atoms with E-state index in [9.17, 15) is 4.39 Å². The van der Waals surface area contributed by atoms with Crippen LogP contribution < -0.4 is 5.73 Å². The number of rotatable bonds is 5. The van der Waals surface area contributed by atoms with Crippen molar-refractivity contribution < 1.29 is 4.39 Å². The van der Waals surface area contributed by atoms with E-state index < -0.39 is 0 Å². The summed E-state index contributed by atoms with van der Waals surface area (Å²) in [5, 5.41) is 0. The summed E-state index contributed by atoms with van der Waals surface area (Å²) < 4.78 is 13.0. The molecule has 0 bridgehead atoms. The fourth-order valence-corrected chi connectivity index (χ4v) is 2.44. The molecule has 2 aromatic rings. The number of hydrogen-bond acceptors (Lipinski definition) is 2. The Balaban J connectivity index is 2.06. The van der Waals surface area contributed by atoms with Crippen molar-refractivity contribution in [2.24, 2.45) is 5.73 Å². The van der Waals surface area contributed by atoms with Gasteiger partial charge < -0.3 is 5.73 Å². The highest BCUT2D eigenvalue weighted by Gasteiger charge is 2.19. The first-order valence-corrected chi connectivity index (χ1v) is 7.25. The summed E-state index contributed by atoms with van der Waals surface area (Å²) in [6, 6.07) is 14.8. The van der Waals surface area contributed by atoms with Crippen LogP contribution in [0.3, 0.4) is 0 Å². The molecule has 21 heavy (non-hydrogen) atoms. The van der Waals surface area contributed by atoms with Crippen molar-refractivity contribution in [3.8, 4) is 0 Å². The van der Waals surface area contributed by atoms with E-state index in [1.54, 1.807) is 12.1 Å². The van der Waals surface area contributed by atoms with Gasteiger partial charge in [-0.1, -0.05) is 36.4 Å². The Bertz CT molecular complexity index is 580. The molecular formula is C18H23FN2. The minimum absolute atomic E-state index is 0.139. The van der Waals surface area contributed by atoms with E-state index in [0.717, 1.165) is 12.1 Å². The number of benzene rings is 2. The largest absolute Gasteiger partial charge is 0.323 e. The zero-order valence-electron chi connectivity index (χ0n) is 12.9. The van der Waals surface area contributed by atoms with Gasteiger partial charge in [0.1, 0.15) is 5.82 Å². The molecule has 0 heterocycles. The third-order valence-electron chi connectivity index (χ3n) is 4.15. The average Bonchev–Trinajstić information content (AvgIpc) is 2.49. The Kier molecular flexibility index (Phi) is 5.10. The molecule has 0 radical (unpaired) electrons.